The predicted octanol–water partition coefficient (Wildman–Crippen LogP) is 0.953. The van der Waals surface area contributed by atoms with Crippen molar-refractivity contribution >= 4 is 5.84 Å². The summed E-state index contributed by atoms with van der Waals surface area (Å²) >= 11 is 0. The van der Waals surface area contributed by atoms with Crippen LogP contribution in [0.3, 0.4) is 0 Å². The van der Waals surface area contributed by atoms with Gasteiger partial charge in [-0.3, -0.25) is 0 Å². The molecule has 0 heterocycles. The Hall–Kier alpha value is -0.810. The molecule has 0 saturated carbocycles. The molecule has 0 radical (unpaired) electrons. The van der Waals surface area contributed by atoms with Crippen LogP contribution in [-0.2, 0) is 9.47 Å². The molecule has 0 aromatic rings. The highest BCUT2D eigenvalue weighted by Gasteiger charge is 2.17. The van der Waals surface area contributed by atoms with Crippen LogP contribution in [0.4, 0.5) is 0 Å². The summed E-state index contributed by atoms with van der Waals surface area (Å²) in [6, 6.07) is 0. The Balaban J connectivity index is 3.75. The van der Waals surface area contributed by atoms with Crippen molar-refractivity contribution in [3.05, 3.63) is 0 Å². The number of oxime groups is 1. The summed E-state index contributed by atoms with van der Waals surface area (Å²) in [7, 11) is 1.66. The smallest absolute Gasteiger partial charge is 0.168 e. The van der Waals surface area contributed by atoms with Crippen molar-refractivity contribution < 1.29 is 14.7 Å². The molecule has 1 unspecified atom stereocenters. The molecule has 5 nitrogen and oxygen atoms in total. The summed E-state index contributed by atoms with van der Waals surface area (Å²) in [4.78, 5) is 0. The minimum Gasteiger partial charge on any atom is -0.409 e. The summed E-state index contributed by atoms with van der Waals surface area (Å²) in [5.41, 5.74) is 5.14. The average Bonchev–Trinajstić information content (AvgIpc) is 2.16. The molecule has 5 heteroatoms. The van der Waals surface area contributed by atoms with Crippen LogP contribution in [0.25, 0.3) is 0 Å². The maximum atomic E-state index is 8.37. The van der Waals surface area contributed by atoms with E-state index in [1.807, 2.05) is 13.8 Å². The summed E-state index contributed by atoms with van der Waals surface area (Å²) in [5.74, 6) is 0.0835. The predicted molar refractivity (Wildman–Crippen MR) is 54.5 cm³/mol. The SMILES string of the molecule is COC(C)(C)CCOC(C)C(N)=NO. The molecule has 0 aliphatic heterocycles. The van der Waals surface area contributed by atoms with Gasteiger partial charge in [-0.1, -0.05) is 5.16 Å². The Morgan fingerprint density at radius 3 is 2.57 bits per heavy atom. The molecule has 84 valence electrons. The van der Waals surface area contributed by atoms with Crippen LogP contribution in [0, 0.1) is 0 Å². The molecule has 0 bridgehead atoms. The van der Waals surface area contributed by atoms with E-state index in [2.05, 4.69) is 5.16 Å². The molecule has 0 spiro atoms. The molecule has 14 heavy (non-hydrogen) atoms. The molecular weight excluding hydrogens is 184 g/mol. The lowest BCUT2D eigenvalue weighted by molar-refractivity contribution is -0.0143. The molecule has 0 rings (SSSR count). The highest BCUT2D eigenvalue weighted by atomic mass is 16.5. The molecule has 0 saturated heterocycles. The Morgan fingerprint density at radius 1 is 1.57 bits per heavy atom. The first-order valence-corrected chi connectivity index (χ1v) is 4.57. The third-order valence-corrected chi connectivity index (χ3v) is 2.16. The van der Waals surface area contributed by atoms with E-state index in [4.69, 9.17) is 20.4 Å². The molecule has 0 amide bonds. The fourth-order valence-electron chi connectivity index (χ4n) is 0.750. The van der Waals surface area contributed by atoms with Crippen molar-refractivity contribution in [3.8, 4) is 0 Å². The second-order valence-electron chi connectivity index (χ2n) is 3.75. The van der Waals surface area contributed by atoms with Gasteiger partial charge in [0, 0.05) is 7.11 Å². The Morgan fingerprint density at radius 2 is 2.14 bits per heavy atom. The zero-order chi connectivity index (χ0) is 11.2. The third-order valence-electron chi connectivity index (χ3n) is 2.16. The van der Waals surface area contributed by atoms with Crippen LogP contribution in [0.1, 0.15) is 27.2 Å². The number of nitrogens with two attached hydrogens (primary N) is 1. The zero-order valence-corrected chi connectivity index (χ0v) is 9.28. The van der Waals surface area contributed by atoms with E-state index in [0.717, 1.165) is 6.42 Å². The van der Waals surface area contributed by atoms with Crippen LogP contribution < -0.4 is 5.73 Å². The molecule has 0 fully saturated rings. The van der Waals surface area contributed by atoms with Gasteiger partial charge in [-0.05, 0) is 27.2 Å². The largest absolute Gasteiger partial charge is 0.409 e. The van der Waals surface area contributed by atoms with Gasteiger partial charge < -0.3 is 20.4 Å². The van der Waals surface area contributed by atoms with Gasteiger partial charge in [-0.25, -0.2) is 0 Å². The maximum absolute atomic E-state index is 8.37. The molecule has 0 aliphatic carbocycles. The van der Waals surface area contributed by atoms with Gasteiger partial charge in [0.1, 0.15) is 6.10 Å². The van der Waals surface area contributed by atoms with Gasteiger partial charge >= 0.3 is 0 Å². The Kier molecular flexibility index (Phi) is 5.49. The monoisotopic (exact) mass is 204 g/mol. The van der Waals surface area contributed by atoms with Gasteiger partial charge in [-0.15, -0.1) is 0 Å². The first-order chi connectivity index (χ1) is 6.43. The van der Waals surface area contributed by atoms with E-state index >= 15 is 0 Å². The minimum absolute atomic E-state index is 0.0835. The average molecular weight is 204 g/mol. The van der Waals surface area contributed by atoms with Gasteiger partial charge in [0.25, 0.3) is 0 Å². The fourth-order valence-corrected chi connectivity index (χ4v) is 0.750. The quantitative estimate of drug-likeness (QED) is 0.292. The number of amidine groups is 1. The lowest BCUT2D eigenvalue weighted by Gasteiger charge is -2.23. The van der Waals surface area contributed by atoms with Crippen molar-refractivity contribution in [1.82, 2.24) is 0 Å². The van der Waals surface area contributed by atoms with Crippen LogP contribution in [0.5, 0.6) is 0 Å². The number of nitrogens with zero attached hydrogens (tertiary/aromatic N) is 1. The third kappa shape index (κ3) is 5.04. The number of ether oxygens (including phenoxy) is 2. The molecule has 0 aromatic heterocycles. The molecular formula is C9H20N2O3. The summed E-state index contributed by atoms with van der Waals surface area (Å²) < 4.78 is 10.6. The van der Waals surface area contributed by atoms with Crippen molar-refractivity contribution in [3.63, 3.8) is 0 Å². The van der Waals surface area contributed by atoms with Gasteiger partial charge in [0.2, 0.25) is 0 Å². The normalized spacial score (nSPS) is 15.6. The molecule has 3 N–H and O–H groups in total. The summed E-state index contributed by atoms with van der Waals surface area (Å²) in [6.45, 7) is 6.20. The Labute approximate surface area is 84.9 Å². The number of methoxy groups -OCH3 is 1. The first-order valence-electron chi connectivity index (χ1n) is 4.57. The second-order valence-corrected chi connectivity index (χ2v) is 3.75. The van der Waals surface area contributed by atoms with Crippen molar-refractivity contribution in [2.75, 3.05) is 13.7 Å². The van der Waals surface area contributed by atoms with Crippen molar-refractivity contribution in [1.29, 1.82) is 0 Å². The molecule has 0 aromatic carbocycles. The van der Waals surface area contributed by atoms with E-state index in [9.17, 15) is 0 Å². The van der Waals surface area contributed by atoms with E-state index in [-0.39, 0.29) is 17.5 Å². The first kappa shape index (κ1) is 13.2. The van der Waals surface area contributed by atoms with E-state index in [0.29, 0.717) is 6.61 Å². The number of hydrogen-bond donors (Lipinski definition) is 2. The second kappa shape index (κ2) is 5.82. The fraction of sp³-hybridized carbons (Fsp3) is 0.889. The highest BCUT2D eigenvalue weighted by molar-refractivity contribution is 5.83. The molecule has 1 atom stereocenters. The molecule has 0 aliphatic rings. The Bertz CT molecular complexity index is 192. The van der Waals surface area contributed by atoms with Crippen molar-refractivity contribution in [2.45, 2.75) is 38.9 Å². The topological polar surface area (TPSA) is 77.1 Å². The lowest BCUT2D eigenvalue weighted by atomic mass is 10.1. The zero-order valence-electron chi connectivity index (χ0n) is 9.28. The van der Waals surface area contributed by atoms with Gasteiger partial charge in [0.05, 0.1) is 12.2 Å². The van der Waals surface area contributed by atoms with Crippen LogP contribution in [0.15, 0.2) is 5.16 Å². The van der Waals surface area contributed by atoms with Gasteiger partial charge in [0.15, 0.2) is 5.84 Å². The summed E-state index contributed by atoms with van der Waals surface area (Å²) in [5, 5.41) is 11.2. The van der Waals surface area contributed by atoms with Crippen LogP contribution in [0.2, 0.25) is 0 Å². The van der Waals surface area contributed by atoms with Crippen LogP contribution >= 0.6 is 0 Å². The van der Waals surface area contributed by atoms with Crippen molar-refractivity contribution in [2.24, 2.45) is 10.9 Å². The standard InChI is InChI=1S/C9H20N2O3/c1-7(8(10)11-12)14-6-5-9(2,3)13-4/h7,12H,5-6H2,1-4H3,(H2,10,11). The minimum atomic E-state index is -0.368. The van der Waals surface area contributed by atoms with E-state index in [1.165, 1.54) is 0 Å². The highest BCUT2D eigenvalue weighted by Crippen LogP contribution is 2.12. The van der Waals surface area contributed by atoms with Crippen LogP contribution in [-0.4, -0.2) is 36.5 Å². The number of rotatable bonds is 6. The van der Waals surface area contributed by atoms with E-state index < -0.39 is 0 Å². The number of hydrogen-bond acceptors (Lipinski definition) is 4. The summed E-state index contributed by atoms with van der Waals surface area (Å²) in [6.07, 6.45) is 0.389. The maximum Gasteiger partial charge on any atom is 0.168 e. The van der Waals surface area contributed by atoms with E-state index in [1.54, 1.807) is 14.0 Å². The van der Waals surface area contributed by atoms with Gasteiger partial charge in [-0.2, -0.15) is 0 Å². The lowest BCUT2D eigenvalue weighted by Crippen LogP contribution is -2.31.